The molecule has 0 bridgehead atoms. The fourth-order valence-corrected chi connectivity index (χ4v) is 3.26. The molecule has 20 heavy (non-hydrogen) atoms. The van der Waals surface area contributed by atoms with Gasteiger partial charge in [-0.15, -0.1) is 11.6 Å². The van der Waals surface area contributed by atoms with Crippen LogP contribution in [0.15, 0.2) is 24.3 Å². The molecule has 2 nitrogen and oxygen atoms in total. The summed E-state index contributed by atoms with van der Waals surface area (Å²) in [6.45, 7) is 0.706. The Hall–Kier alpha value is -1.09. The highest BCUT2D eigenvalue weighted by atomic mass is 35.5. The average molecular weight is 298 g/mol. The number of rotatable bonds is 5. The van der Waals surface area contributed by atoms with E-state index in [1.807, 2.05) is 0 Å². The first-order valence-electron chi connectivity index (χ1n) is 7.26. The number of hydrogen-bond acceptors (Lipinski definition) is 1. The highest BCUT2D eigenvalue weighted by Crippen LogP contribution is 2.30. The van der Waals surface area contributed by atoms with E-state index in [0.717, 1.165) is 12.0 Å². The van der Waals surface area contributed by atoms with Gasteiger partial charge in [0.2, 0.25) is 5.91 Å². The number of benzene rings is 1. The molecule has 2 unspecified atom stereocenters. The van der Waals surface area contributed by atoms with Crippen LogP contribution in [0.2, 0.25) is 0 Å². The zero-order valence-corrected chi connectivity index (χ0v) is 12.3. The lowest BCUT2D eigenvalue weighted by molar-refractivity contribution is -0.120. The SMILES string of the molecule is O=C(Cc1ccc(F)cc1)NCC1CCCCC1CCl. The second kappa shape index (κ2) is 7.63. The summed E-state index contributed by atoms with van der Waals surface area (Å²) in [5.41, 5.74) is 0.835. The predicted octanol–water partition coefficient (Wildman–Crippen LogP) is 3.53. The van der Waals surface area contributed by atoms with Gasteiger partial charge in [0.1, 0.15) is 5.82 Å². The van der Waals surface area contributed by atoms with Crippen LogP contribution in [0, 0.1) is 17.7 Å². The minimum Gasteiger partial charge on any atom is -0.356 e. The van der Waals surface area contributed by atoms with Gasteiger partial charge in [-0.3, -0.25) is 4.79 Å². The van der Waals surface area contributed by atoms with Gasteiger partial charge >= 0.3 is 0 Å². The smallest absolute Gasteiger partial charge is 0.224 e. The third-order valence-electron chi connectivity index (χ3n) is 4.10. The summed E-state index contributed by atoms with van der Waals surface area (Å²) in [5, 5.41) is 2.99. The average Bonchev–Trinajstić information content (AvgIpc) is 2.48. The van der Waals surface area contributed by atoms with Crippen LogP contribution >= 0.6 is 11.6 Å². The molecular weight excluding hydrogens is 277 g/mol. The van der Waals surface area contributed by atoms with Crippen LogP contribution in [-0.4, -0.2) is 18.3 Å². The zero-order valence-electron chi connectivity index (χ0n) is 11.6. The number of hydrogen-bond donors (Lipinski definition) is 1. The Labute approximate surface area is 124 Å². The molecule has 1 saturated carbocycles. The van der Waals surface area contributed by atoms with Crippen LogP contribution in [-0.2, 0) is 11.2 Å². The van der Waals surface area contributed by atoms with Gasteiger partial charge < -0.3 is 5.32 Å². The standard InChI is InChI=1S/C16H21ClFNO/c17-10-13-3-1-2-4-14(13)11-19-16(20)9-12-5-7-15(18)8-6-12/h5-8,13-14H,1-4,9-11H2,(H,19,20). The van der Waals surface area contributed by atoms with Crippen LogP contribution in [0.3, 0.4) is 0 Å². The second-order valence-electron chi connectivity index (χ2n) is 5.57. The minimum atomic E-state index is -0.277. The van der Waals surface area contributed by atoms with Crippen molar-refractivity contribution < 1.29 is 9.18 Å². The first-order valence-corrected chi connectivity index (χ1v) is 7.79. The van der Waals surface area contributed by atoms with Crippen molar-refractivity contribution >= 4 is 17.5 Å². The molecule has 0 aliphatic heterocycles. The molecular formula is C16H21ClFNO. The number of carbonyl (C=O) groups excluding carboxylic acids is 1. The van der Waals surface area contributed by atoms with E-state index in [9.17, 15) is 9.18 Å². The molecule has 1 N–H and O–H groups in total. The molecule has 0 saturated heterocycles. The maximum Gasteiger partial charge on any atom is 0.224 e. The molecule has 0 radical (unpaired) electrons. The van der Waals surface area contributed by atoms with E-state index < -0.39 is 0 Å². The second-order valence-corrected chi connectivity index (χ2v) is 5.87. The van der Waals surface area contributed by atoms with Gasteiger partial charge in [0, 0.05) is 12.4 Å². The molecule has 1 aromatic rings. The lowest BCUT2D eigenvalue weighted by atomic mass is 9.80. The topological polar surface area (TPSA) is 29.1 Å². The summed E-state index contributed by atoms with van der Waals surface area (Å²) in [6.07, 6.45) is 5.10. The maximum absolute atomic E-state index is 12.8. The Balaban J connectivity index is 1.78. The lowest BCUT2D eigenvalue weighted by Crippen LogP contribution is -2.35. The number of amides is 1. The van der Waals surface area contributed by atoms with E-state index >= 15 is 0 Å². The fraction of sp³-hybridized carbons (Fsp3) is 0.562. The van der Waals surface area contributed by atoms with Crippen molar-refractivity contribution in [3.05, 3.63) is 35.6 Å². The van der Waals surface area contributed by atoms with Crippen LogP contribution < -0.4 is 5.32 Å². The third kappa shape index (κ3) is 4.48. The van der Waals surface area contributed by atoms with Gasteiger partial charge in [0.05, 0.1) is 6.42 Å². The molecule has 1 fully saturated rings. The first-order chi connectivity index (χ1) is 9.69. The molecule has 0 spiro atoms. The van der Waals surface area contributed by atoms with E-state index in [4.69, 9.17) is 11.6 Å². The zero-order chi connectivity index (χ0) is 14.4. The van der Waals surface area contributed by atoms with Gasteiger partial charge in [-0.25, -0.2) is 4.39 Å². The van der Waals surface area contributed by atoms with Crippen LogP contribution in [0.25, 0.3) is 0 Å². The van der Waals surface area contributed by atoms with Crippen LogP contribution in [0.1, 0.15) is 31.2 Å². The van der Waals surface area contributed by atoms with Gasteiger partial charge in [-0.1, -0.05) is 25.0 Å². The summed E-state index contributed by atoms with van der Waals surface area (Å²) in [4.78, 5) is 11.9. The van der Waals surface area contributed by atoms with E-state index in [1.54, 1.807) is 12.1 Å². The molecule has 2 rings (SSSR count). The van der Waals surface area contributed by atoms with Crippen molar-refractivity contribution in [3.8, 4) is 0 Å². The molecule has 1 aliphatic carbocycles. The largest absolute Gasteiger partial charge is 0.356 e. The molecule has 110 valence electrons. The van der Waals surface area contributed by atoms with Gasteiger partial charge in [-0.2, -0.15) is 0 Å². The number of nitrogens with one attached hydrogen (secondary N) is 1. The van der Waals surface area contributed by atoms with E-state index in [2.05, 4.69) is 5.32 Å². The fourth-order valence-electron chi connectivity index (χ4n) is 2.85. The van der Waals surface area contributed by atoms with Crippen molar-refractivity contribution in [3.63, 3.8) is 0 Å². The highest BCUT2D eigenvalue weighted by Gasteiger charge is 2.24. The summed E-state index contributed by atoms with van der Waals surface area (Å²) in [7, 11) is 0. The number of alkyl halides is 1. The Morgan fingerprint density at radius 3 is 2.50 bits per heavy atom. The van der Waals surface area contributed by atoms with E-state index in [1.165, 1.54) is 31.4 Å². The van der Waals surface area contributed by atoms with Crippen LogP contribution in [0.4, 0.5) is 4.39 Å². The van der Waals surface area contributed by atoms with Gasteiger partial charge in [0.25, 0.3) is 0 Å². The minimum absolute atomic E-state index is 0.00416. The molecule has 0 aromatic heterocycles. The molecule has 4 heteroatoms. The summed E-state index contributed by atoms with van der Waals surface area (Å²) < 4.78 is 12.8. The Morgan fingerprint density at radius 2 is 1.85 bits per heavy atom. The van der Waals surface area contributed by atoms with Gasteiger partial charge in [0.15, 0.2) is 0 Å². The Morgan fingerprint density at radius 1 is 1.20 bits per heavy atom. The number of halogens is 2. The Kier molecular flexibility index (Phi) is 5.84. The molecule has 1 amide bonds. The van der Waals surface area contributed by atoms with Crippen molar-refractivity contribution in [1.82, 2.24) is 5.32 Å². The van der Waals surface area contributed by atoms with E-state index in [-0.39, 0.29) is 11.7 Å². The quantitative estimate of drug-likeness (QED) is 0.828. The third-order valence-corrected chi connectivity index (χ3v) is 4.50. The molecule has 1 aromatic carbocycles. The van der Waals surface area contributed by atoms with E-state index in [0.29, 0.717) is 30.7 Å². The summed E-state index contributed by atoms with van der Waals surface area (Å²) >= 11 is 5.99. The molecule has 0 heterocycles. The predicted molar refractivity (Wildman–Crippen MR) is 79.3 cm³/mol. The maximum atomic E-state index is 12.8. The van der Waals surface area contributed by atoms with Crippen LogP contribution in [0.5, 0.6) is 0 Å². The lowest BCUT2D eigenvalue weighted by Gasteiger charge is -2.30. The van der Waals surface area contributed by atoms with Crippen molar-refractivity contribution in [1.29, 1.82) is 0 Å². The normalized spacial score (nSPS) is 22.5. The molecule has 1 aliphatic rings. The van der Waals surface area contributed by atoms with Gasteiger partial charge in [-0.05, 0) is 42.4 Å². The highest BCUT2D eigenvalue weighted by molar-refractivity contribution is 6.18. The molecule has 2 atom stereocenters. The monoisotopic (exact) mass is 297 g/mol. The first kappa shape index (κ1) is 15.3. The summed E-state index contributed by atoms with van der Waals surface area (Å²) in [6, 6.07) is 6.06. The van der Waals surface area contributed by atoms with Crippen molar-refractivity contribution in [2.75, 3.05) is 12.4 Å². The van der Waals surface area contributed by atoms with Crippen molar-refractivity contribution in [2.45, 2.75) is 32.1 Å². The number of carbonyl (C=O) groups is 1. The van der Waals surface area contributed by atoms with Crippen molar-refractivity contribution in [2.24, 2.45) is 11.8 Å². The summed E-state index contributed by atoms with van der Waals surface area (Å²) in [5.74, 6) is 1.42. The Bertz CT molecular complexity index is 435.